The van der Waals surface area contributed by atoms with E-state index in [0.29, 0.717) is 36.8 Å². The molecule has 2 aromatic carbocycles. The van der Waals surface area contributed by atoms with Gasteiger partial charge in [-0.25, -0.2) is 8.42 Å². The molecule has 168 valence electrons. The molecule has 0 saturated heterocycles. The molecule has 0 atom stereocenters. The molecule has 0 bridgehead atoms. The van der Waals surface area contributed by atoms with E-state index in [9.17, 15) is 13.2 Å². The summed E-state index contributed by atoms with van der Waals surface area (Å²) in [5, 5.41) is 2.80. The number of aryl methyl sites for hydroxylation is 2. The van der Waals surface area contributed by atoms with Crippen LogP contribution in [0.1, 0.15) is 24.0 Å². The highest BCUT2D eigenvalue weighted by molar-refractivity contribution is 7.92. The molecule has 0 aromatic heterocycles. The summed E-state index contributed by atoms with van der Waals surface area (Å²) in [5.74, 6) is 1.74. The number of rotatable bonds is 10. The average molecular weight is 449 g/mol. The Morgan fingerprint density at radius 2 is 1.90 bits per heavy atom. The van der Waals surface area contributed by atoms with Gasteiger partial charge in [-0.15, -0.1) is 0 Å². The third kappa shape index (κ3) is 6.27. The zero-order valence-electron chi connectivity index (χ0n) is 18.0. The zero-order valence-corrected chi connectivity index (χ0v) is 18.8. The lowest BCUT2D eigenvalue weighted by Gasteiger charge is -2.22. The number of hydrogen-bond acceptors (Lipinski definition) is 6. The molecule has 1 heterocycles. The van der Waals surface area contributed by atoms with Gasteiger partial charge in [0, 0.05) is 19.0 Å². The molecule has 31 heavy (non-hydrogen) atoms. The molecule has 9 heteroatoms. The summed E-state index contributed by atoms with van der Waals surface area (Å²) in [7, 11) is -3.51. The Morgan fingerprint density at radius 3 is 2.65 bits per heavy atom. The van der Waals surface area contributed by atoms with Crippen LogP contribution in [0.5, 0.6) is 17.2 Å². The molecular formula is C22H28N2O6S. The third-order valence-corrected chi connectivity index (χ3v) is 6.02. The highest BCUT2D eigenvalue weighted by atomic mass is 32.2. The van der Waals surface area contributed by atoms with Crippen LogP contribution in [0.2, 0.25) is 0 Å². The quantitative estimate of drug-likeness (QED) is 0.562. The molecule has 8 nitrogen and oxygen atoms in total. The van der Waals surface area contributed by atoms with Crippen molar-refractivity contribution in [1.82, 2.24) is 5.32 Å². The SMILES string of the molecule is Cc1ccc(OCCNC(=O)CCCN(c2ccc3c(c2)OCO3)S(C)(=O)=O)c(C)c1. The van der Waals surface area contributed by atoms with E-state index >= 15 is 0 Å². The fourth-order valence-corrected chi connectivity index (χ4v) is 4.27. The van der Waals surface area contributed by atoms with E-state index in [4.69, 9.17) is 14.2 Å². The Bertz CT molecular complexity index is 1040. The van der Waals surface area contributed by atoms with Crippen LogP contribution in [-0.2, 0) is 14.8 Å². The Labute approximate surface area is 183 Å². The summed E-state index contributed by atoms with van der Waals surface area (Å²) >= 11 is 0. The molecule has 1 amide bonds. The summed E-state index contributed by atoms with van der Waals surface area (Å²) in [4.78, 5) is 12.1. The molecule has 0 spiro atoms. The molecule has 0 unspecified atom stereocenters. The molecule has 0 saturated carbocycles. The molecule has 1 aliphatic heterocycles. The number of benzene rings is 2. The van der Waals surface area contributed by atoms with E-state index in [0.717, 1.165) is 17.6 Å². The number of nitrogens with zero attached hydrogens (tertiary/aromatic N) is 1. The second-order valence-corrected chi connectivity index (χ2v) is 9.35. The molecule has 1 N–H and O–H groups in total. The molecule has 0 radical (unpaired) electrons. The van der Waals surface area contributed by atoms with Gasteiger partial charge in [-0.1, -0.05) is 17.7 Å². The van der Waals surface area contributed by atoms with Crippen molar-refractivity contribution >= 4 is 21.6 Å². The van der Waals surface area contributed by atoms with Crippen molar-refractivity contribution in [3.63, 3.8) is 0 Å². The van der Waals surface area contributed by atoms with Crippen LogP contribution in [0.15, 0.2) is 36.4 Å². The molecule has 0 aliphatic carbocycles. The van der Waals surface area contributed by atoms with Crippen LogP contribution >= 0.6 is 0 Å². The van der Waals surface area contributed by atoms with Gasteiger partial charge in [0.2, 0.25) is 22.7 Å². The van der Waals surface area contributed by atoms with Crippen LogP contribution in [0, 0.1) is 13.8 Å². The lowest BCUT2D eigenvalue weighted by atomic mass is 10.1. The summed E-state index contributed by atoms with van der Waals surface area (Å²) < 4.78 is 42.0. The average Bonchev–Trinajstić information content (AvgIpc) is 3.16. The van der Waals surface area contributed by atoms with E-state index in [-0.39, 0.29) is 25.7 Å². The number of sulfonamides is 1. The molecule has 0 fully saturated rings. The van der Waals surface area contributed by atoms with Gasteiger partial charge in [0.15, 0.2) is 11.5 Å². The lowest BCUT2D eigenvalue weighted by molar-refractivity contribution is -0.121. The van der Waals surface area contributed by atoms with Gasteiger partial charge in [-0.2, -0.15) is 0 Å². The van der Waals surface area contributed by atoms with Crippen molar-refractivity contribution in [3.05, 3.63) is 47.5 Å². The molecule has 2 aromatic rings. The minimum Gasteiger partial charge on any atom is -0.491 e. The third-order valence-electron chi connectivity index (χ3n) is 4.82. The van der Waals surface area contributed by atoms with Gasteiger partial charge in [-0.3, -0.25) is 9.10 Å². The standard InChI is InChI=1S/C22H28N2O6S/c1-16-6-8-19(17(2)13-16)28-12-10-23-22(25)5-4-11-24(31(3,26)27)18-7-9-20-21(14-18)30-15-29-20/h6-9,13-14H,4-5,10-12,15H2,1-3H3,(H,23,25). The second-order valence-electron chi connectivity index (χ2n) is 7.44. The monoisotopic (exact) mass is 448 g/mol. The Hall–Kier alpha value is -2.94. The minimum atomic E-state index is -3.51. The van der Waals surface area contributed by atoms with E-state index in [1.807, 2.05) is 32.0 Å². The molecule has 3 rings (SSSR count). The summed E-state index contributed by atoms with van der Waals surface area (Å²) in [6, 6.07) is 10.9. The normalized spacial score (nSPS) is 12.5. The number of fused-ring (bicyclic) bond motifs is 1. The zero-order chi connectivity index (χ0) is 22.4. The largest absolute Gasteiger partial charge is 0.491 e. The van der Waals surface area contributed by atoms with E-state index in [1.165, 1.54) is 9.87 Å². The number of anilines is 1. The number of carbonyl (C=O) groups is 1. The molecule has 1 aliphatic rings. The first-order valence-electron chi connectivity index (χ1n) is 10.1. The van der Waals surface area contributed by atoms with Crippen molar-refractivity contribution < 1.29 is 27.4 Å². The maximum Gasteiger partial charge on any atom is 0.232 e. The van der Waals surface area contributed by atoms with Crippen molar-refractivity contribution in [1.29, 1.82) is 0 Å². The maximum atomic E-state index is 12.2. The van der Waals surface area contributed by atoms with Crippen LogP contribution in [0.25, 0.3) is 0 Å². The van der Waals surface area contributed by atoms with Crippen LogP contribution in [-0.4, -0.2) is 47.1 Å². The molecular weight excluding hydrogens is 420 g/mol. The van der Waals surface area contributed by atoms with Crippen molar-refractivity contribution in [2.75, 3.05) is 37.1 Å². The van der Waals surface area contributed by atoms with Gasteiger partial charge in [0.05, 0.1) is 18.5 Å². The van der Waals surface area contributed by atoms with Crippen LogP contribution < -0.4 is 23.8 Å². The van der Waals surface area contributed by atoms with Crippen molar-refractivity contribution in [2.45, 2.75) is 26.7 Å². The maximum absolute atomic E-state index is 12.2. The smallest absolute Gasteiger partial charge is 0.232 e. The second kappa shape index (κ2) is 9.91. The summed E-state index contributed by atoms with van der Waals surface area (Å²) in [6.45, 7) is 5.05. The van der Waals surface area contributed by atoms with Crippen molar-refractivity contribution in [2.24, 2.45) is 0 Å². The number of carbonyl (C=O) groups excluding carboxylic acids is 1. The van der Waals surface area contributed by atoms with E-state index in [2.05, 4.69) is 5.32 Å². The minimum absolute atomic E-state index is 0.116. The first-order valence-corrected chi connectivity index (χ1v) is 11.9. The van der Waals surface area contributed by atoms with Gasteiger partial charge < -0.3 is 19.5 Å². The number of nitrogens with one attached hydrogen (secondary N) is 1. The Morgan fingerprint density at radius 1 is 1.13 bits per heavy atom. The Kier molecular flexibility index (Phi) is 7.27. The predicted octanol–water partition coefficient (Wildman–Crippen LogP) is 2.77. The van der Waals surface area contributed by atoms with E-state index in [1.54, 1.807) is 18.2 Å². The van der Waals surface area contributed by atoms with Crippen molar-refractivity contribution in [3.8, 4) is 17.2 Å². The lowest BCUT2D eigenvalue weighted by Crippen LogP contribution is -2.32. The first-order chi connectivity index (χ1) is 14.7. The summed E-state index contributed by atoms with van der Waals surface area (Å²) in [6.07, 6.45) is 1.73. The van der Waals surface area contributed by atoms with Gasteiger partial charge in [0.1, 0.15) is 12.4 Å². The van der Waals surface area contributed by atoms with Crippen LogP contribution in [0.4, 0.5) is 5.69 Å². The van der Waals surface area contributed by atoms with Gasteiger partial charge in [-0.05, 0) is 44.0 Å². The summed E-state index contributed by atoms with van der Waals surface area (Å²) in [5.41, 5.74) is 2.70. The van der Waals surface area contributed by atoms with Gasteiger partial charge >= 0.3 is 0 Å². The van der Waals surface area contributed by atoms with Crippen LogP contribution in [0.3, 0.4) is 0 Å². The topological polar surface area (TPSA) is 94.2 Å². The first kappa shape index (κ1) is 22.7. The fraction of sp³-hybridized carbons (Fsp3) is 0.409. The fourth-order valence-electron chi connectivity index (χ4n) is 3.31. The number of ether oxygens (including phenoxy) is 3. The highest BCUT2D eigenvalue weighted by Crippen LogP contribution is 2.36. The highest BCUT2D eigenvalue weighted by Gasteiger charge is 2.21. The Balaban J connectivity index is 1.44. The number of hydrogen-bond donors (Lipinski definition) is 1. The predicted molar refractivity (Wildman–Crippen MR) is 118 cm³/mol. The van der Waals surface area contributed by atoms with Gasteiger partial charge in [0.25, 0.3) is 0 Å². The van der Waals surface area contributed by atoms with E-state index < -0.39 is 10.0 Å². The number of amides is 1.